The van der Waals surface area contributed by atoms with Gasteiger partial charge in [-0.25, -0.2) is 0 Å². The Labute approximate surface area is 316 Å². The quantitative estimate of drug-likeness (QED) is 0.0745. The lowest BCUT2D eigenvalue weighted by molar-refractivity contribution is 0.431. The highest BCUT2D eigenvalue weighted by Crippen LogP contribution is 2.43. The second kappa shape index (κ2) is 28.4. The van der Waals surface area contributed by atoms with E-state index in [0.29, 0.717) is 11.5 Å². The minimum atomic E-state index is 0.541. The summed E-state index contributed by atoms with van der Waals surface area (Å²) < 4.78 is 7.32. The van der Waals surface area contributed by atoms with Crippen molar-refractivity contribution in [1.29, 1.82) is 0 Å². The van der Waals surface area contributed by atoms with Crippen LogP contribution in [-0.4, -0.2) is 10.2 Å². The molecular weight excluding hydrogens is 625 g/mol. The number of hydrogen-bond donors (Lipinski definition) is 2. The van der Waals surface area contributed by atoms with Crippen molar-refractivity contribution in [3.63, 3.8) is 0 Å². The summed E-state index contributed by atoms with van der Waals surface area (Å²) in [5, 5.41) is 23.8. The highest BCUT2D eigenvalue weighted by Gasteiger charge is 2.23. The molecule has 0 fully saturated rings. The molecule has 2 aromatic carbocycles. The molecule has 3 heteroatoms. The van der Waals surface area contributed by atoms with Gasteiger partial charge in [-0.1, -0.05) is 157 Å². The predicted molar refractivity (Wildman–Crippen MR) is 223 cm³/mol. The Morgan fingerprint density at radius 2 is 0.588 bits per heavy atom. The molecule has 2 aromatic rings. The van der Waals surface area contributed by atoms with Crippen molar-refractivity contribution in [2.24, 2.45) is 0 Å². The third kappa shape index (κ3) is 16.6. The first-order valence-corrected chi connectivity index (χ1v) is 22.4. The molecule has 0 amide bonds. The van der Waals surface area contributed by atoms with Crippen molar-refractivity contribution >= 4 is 0 Å². The number of ether oxygens (including phenoxy) is 1. The average molecular weight is 707 g/mol. The van der Waals surface area contributed by atoms with E-state index in [1.54, 1.807) is 0 Å². The molecule has 0 spiro atoms. The highest BCUT2D eigenvalue weighted by molar-refractivity contribution is 5.58. The molecule has 0 unspecified atom stereocenters. The van der Waals surface area contributed by atoms with Gasteiger partial charge < -0.3 is 14.9 Å². The normalized spacial score (nSPS) is 11.5. The van der Waals surface area contributed by atoms with Gasteiger partial charge in [0.15, 0.2) is 0 Å². The van der Waals surface area contributed by atoms with Gasteiger partial charge in [-0.15, -0.1) is 0 Å². The van der Waals surface area contributed by atoms with Crippen LogP contribution < -0.4 is 4.74 Å². The summed E-state index contributed by atoms with van der Waals surface area (Å²) in [5.74, 6) is 3.02. The van der Waals surface area contributed by atoms with E-state index in [1.807, 2.05) is 0 Å². The van der Waals surface area contributed by atoms with Crippen LogP contribution in [0.4, 0.5) is 0 Å². The standard InChI is InChI=1S/C48H82O3/c1-7-13-19-25-31-39-37-45(41(33-27-21-15-9-3)43(47(39)49)35-29-23-17-11-5)51-46-38-40(32-26-20-14-8-2)48(50)44(36-30-24-18-12-6)42(46)34-28-22-16-10-4/h37-38,49-50H,7-36H2,1-6H3. The Kier molecular flexibility index (Phi) is 25.0. The molecule has 0 aromatic heterocycles. The number of unbranched alkanes of at least 4 members (excludes halogenated alkanes) is 18. The summed E-state index contributed by atoms with van der Waals surface area (Å²) in [6.07, 6.45) is 34.1. The van der Waals surface area contributed by atoms with Crippen LogP contribution in [0.25, 0.3) is 0 Å². The summed E-state index contributed by atoms with van der Waals surface area (Å²) >= 11 is 0. The molecule has 0 atom stereocenters. The van der Waals surface area contributed by atoms with Crippen LogP contribution in [0.3, 0.4) is 0 Å². The minimum Gasteiger partial charge on any atom is -0.507 e. The van der Waals surface area contributed by atoms with Gasteiger partial charge in [-0.05, 0) is 100 Å². The highest BCUT2D eigenvalue weighted by atomic mass is 16.5. The molecule has 2 N–H and O–H groups in total. The van der Waals surface area contributed by atoms with Gasteiger partial charge in [0.05, 0.1) is 0 Å². The monoisotopic (exact) mass is 707 g/mol. The summed E-state index contributed by atoms with van der Waals surface area (Å²) in [6, 6.07) is 4.45. The maximum absolute atomic E-state index is 11.9. The fraction of sp³-hybridized carbons (Fsp3) is 0.750. The molecule has 0 saturated heterocycles. The number of hydrogen-bond acceptors (Lipinski definition) is 3. The summed E-state index contributed by atoms with van der Waals surface area (Å²) in [5.41, 5.74) is 6.88. The predicted octanol–water partition coefficient (Wildman–Crippen LogP) is 15.6. The van der Waals surface area contributed by atoms with Crippen LogP contribution in [-0.2, 0) is 38.5 Å². The molecule has 0 radical (unpaired) electrons. The molecule has 0 heterocycles. The molecule has 292 valence electrons. The van der Waals surface area contributed by atoms with E-state index in [9.17, 15) is 10.2 Å². The Morgan fingerprint density at radius 3 is 0.863 bits per heavy atom. The lowest BCUT2D eigenvalue weighted by Gasteiger charge is -2.24. The van der Waals surface area contributed by atoms with Crippen molar-refractivity contribution in [2.45, 2.75) is 234 Å². The van der Waals surface area contributed by atoms with Gasteiger partial charge in [0, 0.05) is 22.3 Å². The smallest absolute Gasteiger partial charge is 0.131 e. The van der Waals surface area contributed by atoms with Crippen LogP contribution in [0.5, 0.6) is 23.0 Å². The zero-order valence-electron chi connectivity index (χ0n) is 34.7. The number of phenolic OH excluding ortho intramolecular Hbond substituents is 2. The Hall–Kier alpha value is -2.16. The molecule has 0 aliphatic rings. The summed E-state index contributed by atoms with van der Waals surface area (Å²) in [7, 11) is 0. The number of phenols is 2. The molecular formula is C48H82O3. The SMILES string of the molecule is CCCCCCc1cc(Oc2cc(CCCCCC)c(O)c(CCCCCC)c2CCCCCC)c(CCCCCC)c(CCCCCC)c1O. The Morgan fingerprint density at radius 1 is 0.333 bits per heavy atom. The molecule has 2 rings (SSSR count). The number of benzene rings is 2. The third-order valence-electron chi connectivity index (χ3n) is 11.1. The van der Waals surface area contributed by atoms with Gasteiger partial charge in [-0.3, -0.25) is 0 Å². The fourth-order valence-corrected chi connectivity index (χ4v) is 7.77. The number of aryl methyl sites for hydroxylation is 2. The van der Waals surface area contributed by atoms with E-state index in [1.165, 1.54) is 127 Å². The first-order chi connectivity index (χ1) is 25.0. The van der Waals surface area contributed by atoms with Crippen molar-refractivity contribution in [2.75, 3.05) is 0 Å². The van der Waals surface area contributed by atoms with Crippen molar-refractivity contribution in [3.05, 3.63) is 45.5 Å². The van der Waals surface area contributed by atoms with Gasteiger partial charge in [0.1, 0.15) is 23.0 Å². The molecule has 0 saturated carbocycles. The second-order valence-electron chi connectivity index (χ2n) is 15.6. The molecule has 0 bridgehead atoms. The first-order valence-electron chi connectivity index (χ1n) is 22.4. The third-order valence-corrected chi connectivity index (χ3v) is 11.1. The zero-order valence-corrected chi connectivity index (χ0v) is 34.7. The largest absolute Gasteiger partial charge is 0.507 e. The number of rotatable bonds is 32. The lowest BCUT2D eigenvalue weighted by atomic mass is 9.90. The topological polar surface area (TPSA) is 49.7 Å². The van der Waals surface area contributed by atoms with Crippen molar-refractivity contribution in [1.82, 2.24) is 0 Å². The van der Waals surface area contributed by atoms with Crippen molar-refractivity contribution in [3.8, 4) is 23.0 Å². The van der Waals surface area contributed by atoms with E-state index in [4.69, 9.17) is 4.74 Å². The van der Waals surface area contributed by atoms with Crippen LogP contribution in [0, 0.1) is 0 Å². The van der Waals surface area contributed by atoms with E-state index < -0.39 is 0 Å². The van der Waals surface area contributed by atoms with Crippen LogP contribution in [0.1, 0.15) is 229 Å². The lowest BCUT2D eigenvalue weighted by Crippen LogP contribution is -2.07. The van der Waals surface area contributed by atoms with Gasteiger partial charge in [0.25, 0.3) is 0 Å². The fourth-order valence-electron chi connectivity index (χ4n) is 7.77. The Bertz CT molecular complexity index is 1090. The average Bonchev–Trinajstić information content (AvgIpc) is 3.13. The van der Waals surface area contributed by atoms with Crippen LogP contribution in [0.15, 0.2) is 12.1 Å². The summed E-state index contributed by atoms with van der Waals surface area (Å²) in [6.45, 7) is 13.6. The van der Waals surface area contributed by atoms with Crippen molar-refractivity contribution < 1.29 is 14.9 Å². The molecule has 0 aliphatic heterocycles. The minimum absolute atomic E-state index is 0.541. The van der Waals surface area contributed by atoms with Gasteiger partial charge in [0.2, 0.25) is 0 Å². The molecule has 3 nitrogen and oxygen atoms in total. The molecule has 51 heavy (non-hydrogen) atoms. The van der Waals surface area contributed by atoms with Crippen LogP contribution >= 0.6 is 0 Å². The van der Waals surface area contributed by atoms with E-state index in [2.05, 4.69) is 53.7 Å². The number of aromatic hydroxyl groups is 2. The second-order valence-corrected chi connectivity index (χ2v) is 15.6. The first kappa shape index (κ1) is 45.0. The van der Waals surface area contributed by atoms with E-state index >= 15 is 0 Å². The van der Waals surface area contributed by atoms with Gasteiger partial charge >= 0.3 is 0 Å². The van der Waals surface area contributed by atoms with Crippen LogP contribution in [0.2, 0.25) is 0 Å². The maximum Gasteiger partial charge on any atom is 0.131 e. The van der Waals surface area contributed by atoms with E-state index in [-0.39, 0.29) is 0 Å². The summed E-state index contributed by atoms with van der Waals surface area (Å²) in [4.78, 5) is 0. The maximum atomic E-state index is 11.9. The molecule has 0 aliphatic carbocycles. The van der Waals surface area contributed by atoms with E-state index in [0.717, 1.165) is 111 Å². The zero-order chi connectivity index (χ0) is 37.1. The Balaban J connectivity index is 2.76. The van der Waals surface area contributed by atoms with Gasteiger partial charge in [-0.2, -0.15) is 0 Å².